The Morgan fingerprint density at radius 2 is 1.85 bits per heavy atom. The summed E-state index contributed by atoms with van der Waals surface area (Å²) in [7, 11) is 1.69. The number of ether oxygens (including phenoxy) is 2. The number of phenolic OH excluding ortho intramolecular Hbond substituents is 1. The molecule has 0 radical (unpaired) electrons. The topological polar surface area (TPSA) is 126 Å². The number of carbonyl (C=O) groups is 2. The minimum absolute atomic E-state index is 0.0227. The van der Waals surface area contributed by atoms with Crippen LogP contribution in [0, 0.1) is 0 Å². The van der Waals surface area contributed by atoms with Gasteiger partial charge in [-0.3, -0.25) is 9.59 Å². The van der Waals surface area contributed by atoms with Gasteiger partial charge in [-0.05, 0) is 87.4 Å². The Balaban J connectivity index is 1.32. The number of pyridine rings is 1. The number of aromatic nitrogens is 2. The minimum Gasteiger partial charge on any atom is -0.507 e. The van der Waals surface area contributed by atoms with Gasteiger partial charge >= 0.3 is 6.09 Å². The highest BCUT2D eigenvalue weighted by Crippen LogP contribution is 2.35. The van der Waals surface area contributed by atoms with Crippen LogP contribution in [0.15, 0.2) is 71.7 Å². The van der Waals surface area contributed by atoms with Gasteiger partial charge in [0.15, 0.2) is 0 Å². The average molecular weight is 643 g/mol. The van der Waals surface area contributed by atoms with Crippen molar-refractivity contribution < 1.29 is 24.2 Å². The van der Waals surface area contributed by atoms with Crippen molar-refractivity contribution in [3.05, 3.63) is 88.5 Å². The third-order valence-corrected chi connectivity index (χ3v) is 8.57. The zero-order valence-electron chi connectivity index (χ0n) is 27.8. The number of nitrogens with one attached hydrogen (secondary N) is 2. The number of hydrogen-bond donors (Lipinski definition) is 3. The third kappa shape index (κ3) is 8.83. The van der Waals surface area contributed by atoms with Gasteiger partial charge in [0.25, 0.3) is 0 Å². The number of carbonyl (C=O) groups excluding carboxylic acids is 2. The van der Waals surface area contributed by atoms with Gasteiger partial charge < -0.3 is 34.3 Å². The molecule has 3 heterocycles. The van der Waals surface area contributed by atoms with Crippen molar-refractivity contribution in [2.75, 3.05) is 26.8 Å². The van der Waals surface area contributed by atoms with E-state index in [1.807, 2.05) is 62.1 Å². The molecular formula is C37H46N4O6. The van der Waals surface area contributed by atoms with E-state index in [4.69, 9.17) is 9.47 Å². The lowest BCUT2D eigenvalue weighted by Gasteiger charge is -2.34. The van der Waals surface area contributed by atoms with Crippen LogP contribution < -0.4 is 10.9 Å². The number of phenols is 1. The van der Waals surface area contributed by atoms with Crippen LogP contribution in [0.25, 0.3) is 22.0 Å². The summed E-state index contributed by atoms with van der Waals surface area (Å²) < 4.78 is 13.1. The van der Waals surface area contributed by atoms with Crippen molar-refractivity contribution in [2.45, 2.75) is 77.0 Å². The number of rotatable bonds is 11. The third-order valence-electron chi connectivity index (χ3n) is 8.57. The second-order valence-corrected chi connectivity index (χ2v) is 13.3. The predicted molar refractivity (Wildman–Crippen MR) is 183 cm³/mol. The summed E-state index contributed by atoms with van der Waals surface area (Å²) in [5.74, 6) is 0.339. The Hall–Kier alpha value is -4.57. The van der Waals surface area contributed by atoms with Gasteiger partial charge in [0.2, 0.25) is 11.5 Å². The molecule has 47 heavy (non-hydrogen) atoms. The number of methoxy groups -OCH3 is 1. The molecule has 5 rings (SSSR count). The fraction of sp³-hybridized carbons (Fsp3) is 0.432. The summed E-state index contributed by atoms with van der Waals surface area (Å²) in [6.45, 7) is 8.03. The van der Waals surface area contributed by atoms with E-state index < -0.39 is 17.7 Å². The highest BCUT2D eigenvalue weighted by Gasteiger charge is 2.30. The van der Waals surface area contributed by atoms with E-state index >= 15 is 0 Å². The number of H-pyrrole nitrogens is 1. The summed E-state index contributed by atoms with van der Waals surface area (Å²) in [5, 5.41) is 14.4. The molecule has 2 amide bonds. The highest BCUT2D eigenvalue weighted by atomic mass is 16.6. The number of aromatic hydroxyl groups is 1. The molecule has 4 aromatic rings. The summed E-state index contributed by atoms with van der Waals surface area (Å²) in [5.41, 5.74) is 4.06. The Bertz CT molecular complexity index is 1720. The predicted octanol–water partition coefficient (Wildman–Crippen LogP) is 5.97. The number of benzene rings is 2. The van der Waals surface area contributed by atoms with Gasteiger partial charge in [-0.2, -0.15) is 0 Å². The lowest BCUT2D eigenvalue weighted by Crippen LogP contribution is -2.46. The second-order valence-electron chi connectivity index (χ2n) is 13.3. The van der Waals surface area contributed by atoms with E-state index in [2.05, 4.69) is 20.9 Å². The van der Waals surface area contributed by atoms with Gasteiger partial charge in [0.1, 0.15) is 11.4 Å². The summed E-state index contributed by atoms with van der Waals surface area (Å²) in [6, 6.07) is 18.3. The van der Waals surface area contributed by atoms with Crippen LogP contribution >= 0.6 is 0 Å². The molecule has 1 fully saturated rings. The first-order chi connectivity index (χ1) is 22.5. The van der Waals surface area contributed by atoms with Crippen LogP contribution in [0.4, 0.5) is 4.79 Å². The molecule has 0 bridgehead atoms. The first-order valence-corrected chi connectivity index (χ1v) is 16.4. The SMILES string of the molecule is COCCCn1c(C2CCCN(C(=O)CC(Cc3ccc(-c4ccc(=O)[nH]c4)cc3)NC(=O)OC(C)(C)C)C2)cc2c(O)cccc21. The number of likely N-dealkylation sites (tertiary alicyclic amines) is 1. The normalized spacial score (nSPS) is 15.8. The van der Waals surface area contributed by atoms with E-state index in [1.54, 1.807) is 25.4 Å². The maximum absolute atomic E-state index is 13.9. The molecule has 1 aliphatic heterocycles. The Labute approximate surface area is 275 Å². The molecule has 10 heteroatoms. The fourth-order valence-corrected chi connectivity index (χ4v) is 6.39. The van der Waals surface area contributed by atoms with Crippen LogP contribution in [0.1, 0.15) is 63.6 Å². The zero-order chi connectivity index (χ0) is 33.6. The lowest BCUT2D eigenvalue weighted by atomic mass is 9.93. The summed E-state index contributed by atoms with van der Waals surface area (Å²) in [4.78, 5) is 42.8. The number of amides is 2. The van der Waals surface area contributed by atoms with Crippen LogP contribution in [-0.2, 0) is 27.2 Å². The molecule has 2 aromatic heterocycles. The zero-order valence-corrected chi connectivity index (χ0v) is 27.8. The van der Waals surface area contributed by atoms with Gasteiger partial charge in [-0.1, -0.05) is 30.3 Å². The van der Waals surface area contributed by atoms with Gasteiger partial charge in [0, 0.05) is 75.1 Å². The molecule has 2 aromatic carbocycles. The van der Waals surface area contributed by atoms with Gasteiger partial charge in [-0.15, -0.1) is 0 Å². The molecule has 0 saturated carbocycles. The highest BCUT2D eigenvalue weighted by molar-refractivity contribution is 5.87. The molecule has 2 unspecified atom stereocenters. The minimum atomic E-state index is -0.673. The molecule has 10 nitrogen and oxygen atoms in total. The summed E-state index contributed by atoms with van der Waals surface area (Å²) >= 11 is 0. The fourth-order valence-electron chi connectivity index (χ4n) is 6.39. The van der Waals surface area contributed by atoms with Crippen molar-refractivity contribution in [2.24, 2.45) is 0 Å². The van der Waals surface area contributed by atoms with Crippen molar-refractivity contribution in [3.63, 3.8) is 0 Å². The molecular weight excluding hydrogens is 596 g/mol. The maximum atomic E-state index is 13.9. The first kappa shape index (κ1) is 33.8. The second kappa shape index (κ2) is 14.9. The van der Waals surface area contributed by atoms with Crippen molar-refractivity contribution in [1.29, 1.82) is 0 Å². The lowest BCUT2D eigenvalue weighted by molar-refractivity contribution is -0.132. The van der Waals surface area contributed by atoms with Gasteiger partial charge in [-0.25, -0.2) is 4.79 Å². The molecule has 250 valence electrons. The van der Waals surface area contributed by atoms with E-state index in [0.717, 1.165) is 59.1 Å². The number of hydrogen-bond acceptors (Lipinski definition) is 6. The van der Waals surface area contributed by atoms with E-state index in [0.29, 0.717) is 26.1 Å². The largest absolute Gasteiger partial charge is 0.507 e. The van der Waals surface area contributed by atoms with Crippen LogP contribution in [0.3, 0.4) is 0 Å². The Kier molecular flexibility index (Phi) is 10.7. The van der Waals surface area contributed by atoms with Crippen LogP contribution in [0.5, 0.6) is 5.75 Å². The summed E-state index contributed by atoms with van der Waals surface area (Å²) in [6.07, 6.45) is 4.33. The van der Waals surface area contributed by atoms with Crippen LogP contribution in [0.2, 0.25) is 0 Å². The average Bonchev–Trinajstić information content (AvgIpc) is 3.41. The standard InChI is InChI=1S/C37H46N4O6/c1-37(2,3)47-36(45)39-29(20-25-11-13-26(14-12-25)27-15-16-34(43)38-23-27)21-35(44)40-17-6-8-28(24-40)32-22-30-31(9-5-10-33(30)42)41(32)18-7-19-46-4/h5,9-16,22-23,28-29,42H,6-8,17-21,24H2,1-4H3,(H,38,43)(H,39,45). The molecule has 0 aliphatic carbocycles. The quantitative estimate of drug-likeness (QED) is 0.173. The monoisotopic (exact) mass is 642 g/mol. The molecule has 1 aliphatic rings. The Morgan fingerprint density at radius 3 is 2.55 bits per heavy atom. The van der Waals surface area contributed by atoms with Crippen molar-refractivity contribution in [1.82, 2.24) is 19.8 Å². The number of piperidine rings is 1. The number of aromatic amines is 1. The Morgan fingerprint density at radius 1 is 1.09 bits per heavy atom. The van der Waals surface area contributed by atoms with Crippen molar-refractivity contribution >= 4 is 22.9 Å². The molecule has 3 N–H and O–H groups in total. The van der Waals surface area contributed by atoms with Crippen molar-refractivity contribution in [3.8, 4) is 16.9 Å². The maximum Gasteiger partial charge on any atom is 0.407 e. The molecule has 1 saturated heterocycles. The van der Waals surface area contributed by atoms with E-state index in [-0.39, 0.29) is 29.6 Å². The number of nitrogens with zero attached hydrogens (tertiary/aromatic N) is 2. The van der Waals surface area contributed by atoms with E-state index in [9.17, 15) is 19.5 Å². The molecule has 0 spiro atoms. The number of fused-ring (bicyclic) bond motifs is 1. The smallest absolute Gasteiger partial charge is 0.407 e. The number of aryl methyl sites for hydroxylation is 1. The number of alkyl carbamates (subject to hydrolysis) is 1. The molecule has 2 atom stereocenters. The van der Waals surface area contributed by atoms with Gasteiger partial charge in [0.05, 0.1) is 5.52 Å². The first-order valence-electron chi connectivity index (χ1n) is 16.4. The van der Waals surface area contributed by atoms with E-state index in [1.165, 1.54) is 6.07 Å². The van der Waals surface area contributed by atoms with Crippen LogP contribution in [-0.4, -0.2) is 70.0 Å².